The Labute approximate surface area is 105 Å². The van der Waals surface area contributed by atoms with Gasteiger partial charge in [0.1, 0.15) is 0 Å². The average molecular weight is 229 g/mol. The summed E-state index contributed by atoms with van der Waals surface area (Å²) in [6.45, 7) is 3.30. The van der Waals surface area contributed by atoms with Gasteiger partial charge in [0.2, 0.25) is 0 Å². The van der Waals surface area contributed by atoms with Gasteiger partial charge < -0.3 is 5.32 Å². The Morgan fingerprint density at radius 2 is 1.94 bits per heavy atom. The second kappa shape index (κ2) is 4.81. The van der Waals surface area contributed by atoms with E-state index < -0.39 is 0 Å². The van der Waals surface area contributed by atoms with Gasteiger partial charge in [0, 0.05) is 6.04 Å². The Kier molecular flexibility index (Phi) is 3.19. The molecular weight excluding hydrogens is 206 g/mol. The Balaban J connectivity index is 1.85. The van der Waals surface area contributed by atoms with E-state index in [0.717, 1.165) is 12.5 Å². The van der Waals surface area contributed by atoms with Crippen molar-refractivity contribution < 1.29 is 0 Å². The Morgan fingerprint density at radius 3 is 2.65 bits per heavy atom. The van der Waals surface area contributed by atoms with Crippen LogP contribution in [0.4, 0.5) is 0 Å². The fourth-order valence-electron chi connectivity index (χ4n) is 3.15. The van der Waals surface area contributed by atoms with Crippen LogP contribution < -0.4 is 5.32 Å². The smallest absolute Gasteiger partial charge is 0.0348 e. The molecule has 1 aromatic carbocycles. The molecule has 1 unspecified atom stereocenters. The zero-order valence-corrected chi connectivity index (χ0v) is 10.8. The lowest BCUT2D eigenvalue weighted by Crippen LogP contribution is -2.23. The topological polar surface area (TPSA) is 12.0 Å². The van der Waals surface area contributed by atoms with Crippen LogP contribution in [0.15, 0.2) is 18.2 Å². The normalized spacial score (nSPS) is 21.0. The third-order valence-electron chi connectivity index (χ3n) is 4.25. The summed E-state index contributed by atoms with van der Waals surface area (Å²) in [5, 5.41) is 3.67. The zero-order valence-electron chi connectivity index (χ0n) is 10.8. The number of hydrogen-bond donors (Lipinski definition) is 1. The summed E-state index contributed by atoms with van der Waals surface area (Å²) in [6.07, 6.45) is 8.18. The summed E-state index contributed by atoms with van der Waals surface area (Å²) >= 11 is 0. The fourth-order valence-corrected chi connectivity index (χ4v) is 3.15. The minimum atomic E-state index is 0.618. The van der Waals surface area contributed by atoms with Crippen molar-refractivity contribution >= 4 is 0 Å². The van der Waals surface area contributed by atoms with Gasteiger partial charge >= 0.3 is 0 Å². The van der Waals surface area contributed by atoms with Crippen LogP contribution in [0.1, 0.15) is 55.3 Å². The van der Waals surface area contributed by atoms with Gasteiger partial charge in [-0.3, -0.25) is 0 Å². The number of benzene rings is 1. The van der Waals surface area contributed by atoms with E-state index in [1.807, 2.05) is 0 Å². The molecule has 1 atom stereocenters. The van der Waals surface area contributed by atoms with Gasteiger partial charge in [0.25, 0.3) is 0 Å². The molecule has 0 heterocycles. The molecule has 0 aliphatic heterocycles. The van der Waals surface area contributed by atoms with Crippen LogP contribution in [0.5, 0.6) is 0 Å². The molecule has 0 radical (unpaired) electrons. The summed E-state index contributed by atoms with van der Waals surface area (Å²) in [5.74, 6) is 0.900. The summed E-state index contributed by atoms with van der Waals surface area (Å²) in [4.78, 5) is 0. The van der Waals surface area contributed by atoms with Crippen LogP contribution in [-0.2, 0) is 12.8 Å². The van der Waals surface area contributed by atoms with Crippen molar-refractivity contribution in [3.8, 4) is 0 Å². The molecule has 1 aromatic rings. The standard InChI is InChI=1S/C16H23N/c1-2-17-16(13-8-9-13)15-10-7-12-5-3-4-6-14(12)11-15/h7,10-11,13,16-17H,2-6,8-9H2,1H3. The highest BCUT2D eigenvalue weighted by Crippen LogP contribution is 2.41. The maximum atomic E-state index is 3.67. The third kappa shape index (κ3) is 2.40. The molecule has 1 saturated carbocycles. The lowest BCUT2D eigenvalue weighted by atomic mass is 9.88. The fraction of sp³-hybridized carbons (Fsp3) is 0.625. The molecule has 1 heteroatoms. The molecule has 0 bridgehead atoms. The van der Waals surface area contributed by atoms with Gasteiger partial charge in [-0.1, -0.05) is 25.1 Å². The third-order valence-corrected chi connectivity index (χ3v) is 4.25. The Hall–Kier alpha value is -0.820. The highest BCUT2D eigenvalue weighted by atomic mass is 14.9. The van der Waals surface area contributed by atoms with Gasteiger partial charge in [-0.2, -0.15) is 0 Å². The second-order valence-corrected chi connectivity index (χ2v) is 5.61. The van der Waals surface area contributed by atoms with Gasteiger partial charge in [-0.25, -0.2) is 0 Å². The van der Waals surface area contributed by atoms with E-state index in [1.54, 1.807) is 11.1 Å². The molecule has 0 spiro atoms. The quantitative estimate of drug-likeness (QED) is 0.831. The molecule has 92 valence electrons. The number of aryl methyl sites for hydroxylation is 2. The SMILES string of the molecule is CCNC(c1ccc2c(c1)CCCC2)C1CC1. The van der Waals surface area contributed by atoms with Crippen molar-refractivity contribution in [2.45, 2.75) is 51.5 Å². The van der Waals surface area contributed by atoms with Crippen LogP contribution in [0.25, 0.3) is 0 Å². The number of hydrogen-bond acceptors (Lipinski definition) is 1. The van der Waals surface area contributed by atoms with Gasteiger partial charge in [0.15, 0.2) is 0 Å². The summed E-state index contributed by atoms with van der Waals surface area (Å²) in [7, 11) is 0. The number of nitrogens with one attached hydrogen (secondary N) is 1. The van der Waals surface area contributed by atoms with Crippen LogP contribution in [0.2, 0.25) is 0 Å². The molecular formula is C16H23N. The van der Waals surface area contributed by atoms with E-state index in [4.69, 9.17) is 0 Å². The maximum Gasteiger partial charge on any atom is 0.0348 e. The predicted octanol–water partition coefficient (Wildman–Crippen LogP) is 3.63. The molecule has 1 nitrogen and oxygen atoms in total. The minimum Gasteiger partial charge on any atom is -0.310 e. The monoisotopic (exact) mass is 229 g/mol. The van der Waals surface area contributed by atoms with Crippen LogP contribution >= 0.6 is 0 Å². The lowest BCUT2D eigenvalue weighted by molar-refractivity contribution is 0.495. The van der Waals surface area contributed by atoms with Gasteiger partial charge in [-0.05, 0) is 67.7 Å². The molecule has 0 amide bonds. The molecule has 2 aliphatic carbocycles. The highest BCUT2D eigenvalue weighted by molar-refractivity contribution is 5.35. The van der Waals surface area contributed by atoms with E-state index >= 15 is 0 Å². The summed E-state index contributed by atoms with van der Waals surface area (Å²) in [5.41, 5.74) is 4.76. The van der Waals surface area contributed by atoms with Crippen LogP contribution in [-0.4, -0.2) is 6.54 Å². The highest BCUT2D eigenvalue weighted by Gasteiger charge is 2.31. The van der Waals surface area contributed by atoms with E-state index in [0.29, 0.717) is 6.04 Å². The molecule has 17 heavy (non-hydrogen) atoms. The molecule has 0 saturated heterocycles. The number of fused-ring (bicyclic) bond motifs is 1. The Morgan fingerprint density at radius 1 is 1.18 bits per heavy atom. The first-order valence-electron chi connectivity index (χ1n) is 7.23. The van der Waals surface area contributed by atoms with E-state index in [-0.39, 0.29) is 0 Å². The molecule has 1 fully saturated rings. The molecule has 0 aromatic heterocycles. The van der Waals surface area contributed by atoms with Crippen molar-refractivity contribution in [3.63, 3.8) is 0 Å². The number of rotatable bonds is 4. The molecule has 3 rings (SSSR count). The summed E-state index contributed by atoms with van der Waals surface area (Å²) < 4.78 is 0. The maximum absolute atomic E-state index is 3.67. The largest absolute Gasteiger partial charge is 0.310 e. The van der Waals surface area contributed by atoms with E-state index in [9.17, 15) is 0 Å². The van der Waals surface area contributed by atoms with Crippen LogP contribution in [0.3, 0.4) is 0 Å². The van der Waals surface area contributed by atoms with E-state index in [2.05, 4.69) is 30.4 Å². The van der Waals surface area contributed by atoms with Crippen molar-refractivity contribution in [2.75, 3.05) is 6.54 Å². The Bertz CT molecular complexity index is 393. The zero-order chi connectivity index (χ0) is 11.7. The van der Waals surface area contributed by atoms with Gasteiger partial charge in [-0.15, -0.1) is 0 Å². The second-order valence-electron chi connectivity index (χ2n) is 5.61. The minimum absolute atomic E-state index is 0.618. The first-order chi connectivity index (χ1) is 8.38. The lowest BCUT2D eigenvalue weighted by Gasteiger charge is -2.22. The summed E-state index contributed by atoms with van der Waals surface area (Å²) in [6, 6.07) is 7.86. The van der Waals surface area contributed by atoms with E-state index in [1.165, 1.54) is 44.1 Å². The average Bonchev–Trinajstić information content (AvgIpc) is 3.20. The van der Waals surface area contributed by atoms with Crippen molar-refractivity contribution in [3.05, 3.63) is 34.9 Å². The first kappa shape index (κ1) is 11.3. The first-order valence-corrected chi connectivity index (χ1v) is 7.23. The van der Waals surface area contributed by atoms with Crippen molar-refractivity contribution in [1.29, 1.82) is 0 Å². The van der Waals surface area contributed by atoms with Crippen molar-refractivity contribution in [2.24, 2.45) is 5.92 Å². The van der Waals surface area contributed by atoms with Crippen LogP contribution in [0, 0.1) is 5.92 Å². The molecule has 2 aliphatic rings. The molecule has 1 N–H and O–H groups in total. The predicted molar refractivity (Wildman–Crippen MR) is 72.2 cm³/mol. The van der Waals surface area contributed by atoms with Gasteiger partial charge in [0.05, 0.1) is 0 Å². The van der Waals surface area contributed by atoms with Crippen molar-refractivity contribution in [1.82, 2.24) is 5.32 Å².